The Kier molecular flexibility index (Phi) is 3.20. The van der Waals surface area contributed by atoms with Gasteiger partial charge in [0.1, 0.15) is 0 Å². The molecule has 0 radical (unpaired) electrons. The SMILES string of the molecule is C.CC(C)c1ccc2c(c1)N(C)CC2. The number of hydrogen-bond acceptors (Lipinski definition) is 1. The molecule has 0 aliphatic carbocycles. The zero-order valence-corrected chi connectivity index (χ0v) is 8.67. The predicted molar refractivity (Wildman–Crippen MR) is 64.2 cm³/mol. The van der Waals surface area contributed by atoms with Gasteiger partial charge in [-0.15, -0.1) is 0 Å². The molecule has 1 aromatic rings. The molecule has 14 heavy (non-hydrogen) atoms. The maximum atomic E-state index is 2.35. The van der Waals surface area contributed by atoms with Gasteiger partial charge < -0.3 is 4.90 Å². The largest absolute Gasteiger partial charge is 0.374 e. The molecule has 0 aromatic heterocycles. The van der Waals surface area contributed by atoms with Crippen molar-refractivity contribution in [3.8, 4) is 0 Å². The summed E-state index contributed by atoms with van der Waals surface area (Å²) >= 11 is 0. The van der Waals surface area contributed by atoms with Gasteiger partial charge in [-0.25, -0.2) is 0 Å². The molecule has 0 saturated heterocycles. The van der Waals surface area contributed by atoms with E-state index in [0.717, 1.165) is 0 Å². The van der Waals surface area contributed by atoms with Crippen LogP contribution in [0.5, 0.6) is 0 Å². The zero-order valence-electron chi connectivity index (χ0n) is 8.67. The van der Waals surface area contributed by atoms with Crippen molar-refractivity contribution >= 4 is 5.69 Å². The molecule has 0 amide bonds. The zero-order chi connectivity index (χ0) is 9.42. The van der Waals surface area contributed by atoms with Crippen LogP contribution in [0.3, 0.4) is 0 Å². The molecular weight excluding hydrogens is 170 g/mol. The number of fused-ring (bicyclic) bond motifs is 1. The van der Waals surface area contributed by atoms with Crippen LogP contribution in [0.25, 0.3) is 0 Å². The molecule has 0 atom stereocenters. The van der Waals surface area contributed by atoms with E-state index in [0.29, 0.717) is 5.92 Å². The third kappa shape index (κ3) is 1.77. The van der Waals surface area contributed by atoms with E-state index in [9.17, 15) is 0 Å². The first-order chi connectivity index (χ1) is 6.18. The van der Waals surface area contributed by atoms with E-state index >= 15 is 0 Å². The molecule has 1 heterocycles. The van der Waals surface area contributed by atoms with Gasteiger partial charge in [-0.1, -0.05) is 33.4 Å². The second kappa shape index (κ2) is 4.04. The van der Waals surface area contributed by atoms with Gasteiger partial charge in [-0.2, -0.15) is 0 Å². The van der Waals surface area contributed by atoms with Gasteiger partial charge >= 0.3 is 0 Å². The highest BCUT2D eigenvalue weighted by Gasteiger charge is 2.15. The standard InChI is InChI=1S/C12H17N.CH4/c1-9(2)11-5-4-10-6-7-13(3)12(10)8-11;/h4-5,8-9H,6-7H2,1-3H3;1H4. The molecule has 0 N–H and O–H groups in total. The van der Waals surface area contributed by atoms with E-state index in [1.54, 1.807) is 0 Å². The molecule has 0 bridgehead atoms. The lowest BCUT2D eigenvalue weighted by molar-refractivity contribution is 0.865. The molecule has 1 nitrogen and oxygen atoms in total. The molecule has 1 heteroatoms. The highest BCUT2D eigenvalue weighted by atomic mass is 15.1. The molecule has 1 aliphatic rings. The monoisotopic (exact) mass is 191 g/mol. The second-order valence-electron chi connectivity index (χ2n) is 4.21. The van der Waals surface area contributed by atoms with E-state index in [1.807, 2.05) is 0 Å². The fourth-order valence-corrected chi connectivity index (χ4v) is 1.92. The summed E-state index contributed by atoms with van der Waals surface area (Å²) in [5, 5.41) is 0. The first kappa shape index (κ1) is 11.1. The van der Waals surface area contributed by atoms with Gasteiger partial charge in [-0.05, 0) is 29.5 Å². The van der Waals surface area contributed by atoms with Gasteiger partial charge in [0.05, 0.1) is 0 Å². The Morgan fingerprint density at radius 2 is 2.00 bits per heavy atom. The van der Waals surface area contributed by atoms with Gasteiger partial charge in [-0.3, -0.25) is 0 Å². The average Bonchev–Trinajstić information content (AvgIpc) is 2.47. The van der Waals surface area contributed by atoms with Crippen LogP contribution in [0.2, 0.25) is 0 Å². The lowest BCUT2D eigenvalue weighted by Crippen LogP contribution is -2.12. The number of likely N-dealkylation sites (N-methyl/N-ethyl adjacent to an activating group) is 1. The molecular formula is C13H21N. The van der Waals surface area contributed by atoms with E-state index in [-0.39, 0.29) is 7.43 Å². The van der Waals surface area contributed by atoms with Crippen LogP contribution in [-0.2, 0) is 6.42 Å². The summed E-state index contributed by atoms with van der Waals surface area (Å²) in [6.45, 7) is 5.67. The topological polar surface area (TPSA) is 3.24 Å². The minimum Gasteiger partial charge on any atom is -0.374 e. The third-order valence-corrected chi connectivity index (χ3v) is 2.90. The van der Waals surface area contributed by atoms with Crippen molar-refractivity contribution in [1.82, 2.24) is 0 Å². The van der Waals surface area contributed by atoms with Crippen molar-refractivity contribution in [3.05, 3.63) is 29.3 Å². The summed E-state index contributed by atoms with van der Waals surface area (Å²) in [5.74, 6) is 0.638. The number of anilines is 1. The Morgan fingerprint density at radius 3 is 2.64 bits per heavy atom. The maximum absolute atomic E-state index is 2.35. The first-order valence-corrected chi connectivity index (χ1v) is 5.02. The van der Waals surface area contributed by atoms with Crippen molar-refractivity contribution in [3.63, 3.8) is 0 Å². The fraction of sp³-hybridized carbons (Fsp3) is 0.538. The van der Waals surface area contributed by atoms with Crippen molar-refractivity contribution in [1.29, 1.82) is 0 Å². The van der Waals surface area contributed by atoms with Gasteiger partial charge in [0, 0.05) is 19.3 Å². The van der Waals surface area contributed by atoms with Gasteiger partial charge in [0.25, 0.3) is 0 Å². The van der Waals surface area contributed by atoms with Crippen LogP contribution in [0.4, 0.5) is 5.69 Å². The van der Waals surface area contributed by atoms with Crippen LogP contribution in [0.15, 0.2) is 18.2 Å². The lowest BCUT2D eigenvalue weighted by Gasteiger charge is -2.14. The summed E-state index contributed by atoms with van der Waals surface area (Å²) in [5.41, 5.74) is 4.39. The van der Waals surface area contributed by atoms with E-state index in [1.165, 1.54) is 29.8 Å². The van der Waals surface area contributed by atoms with E-state index < -0.39 is 0 Å². The van der Waals surface area contributed by atoms with Crippen LogP contribution >= 0.6 is 0 Å². The predicted octanol–water partition coefficient (Wildman–Crippen LogP) is 3.44. The quantitative estimate of drug-likeness (QED) is 0.657. The van der Waals surface area contributed by atoms with Crippen molar-refractivity contribution in [2.45, 2.75) is 33.6 Å². The Labute approximate surface area is 87.7 Å². The maximum Gasteiger partial charge on any atom is 0.0399 e. The normalized spacial score (nSPS) is 14.1. The Morgan fingerprint density at radius 1 is 1.29 bits per heavy atom. The van der Waals surface area contributed by atoms with Crippen LogP contribution < -0.4 is 4.90 Å². The number of hydrogen-bond donors (Lipinski definition) is 0. The number of rotatable bonds is 1. The van der Waals surface area contributed by atoms with Crippen LogP contribution in [0.1, 0.15) is 38.3 Å². The molecule has 78 valence electrons. The van der Waals surface area contributed by atoms with E-state index in [2.05, 4.69) is 44.0 Å². The highest BCUT2D eigenvalue weighted by Crippen LogP contribution is 2.29. The summed E-state index contributed by atoms with van der Waals surface area (Å²) in [6, 6.07) is 6.89. The molecule has 0 spiro atoms. The van der Waals surface area contributed by atoms with E-state index in [4.69, 9.17) is 0 Å². The number of nitrogens with zero attached hydrogens (tertiary/aromatic N) is 1. The molecule has 0 saturated carbocycles. The third-order valence-electron chi connectivity index (χ3n) is 2.90. The Bertz CT molecular complexity index is 315. The molecule has 0 fully saturated rings. The summed E-state index contributed by atoms with van der Waals surface area (Å²) in [6.07, 6.45) is 1.21. The lowest BCUT2D eigenvalue weighted by atomic mass is 10.0. The minimum atomic E-state index is 0. The first-order valence-electron chi connectivity index (χ1n) is 5.02. The molecule has 1 aromatic carbocycles. The fourth-order valence-electron chi connectivity index (χ4n) is 1.92. The highest BCUT2D eigenvalue weighted by molar-refractivity contribution is 5.59. The van der Waals surface area contributed by atoms with Crippen molar-refractivity contribution < 1.29 is 0 Å². The Hall–Kier alpha value is -0.980. The summed E-state index contributed by atoms with van der Waals surface area (Å²) < 4.78 is 0. The van der Waals surface area contributed by atoms with Crippen LogP contribution in [0, 0.1) is 0 Å². The van der Waals surface area contributed by atoms with Crippen LogP contribution in [-0.4, -0.2) is 13.6 Å². The molecule has 0 unspecified atom stereocenters. The number of benzene rings is 1. The van der Waals surface area contributed by atoms with Crippen molar-refractivity contribution in [2.24, 2.45) is 0 Å². The molecule has 1 aliphatic heterocycles. The molecule has 2 rings (SSSR count). The average molecular weight is 191 g/mol. The Balaban J connectivity index is 0.000000980. The van der Waals surface area contributed by atoms with Crippen molar-refractivity contribution in [2.75, 3.05) is 18.5 Å². The van der Waals surface area contributed by atoms with Gasteiger partial charge in [0.2, 0.25) is 0 Å². The summed E-state index contributed by atoms with van der Waals surface area (Å²) in [7, 11) is 2.18. The smallest absolute Gasteiger partial charge is 0.0399 e. The summed E-state index contributed by atoms with van der Waals surface area (Å²) in [4.78, 5) is 2.35. The van der Waals surface area contributed by atoms with Gasteiger partial charge in [0.15, 0.2) is 0 Å². The second-order valence-corrected chi connectivity index (χ2v) is 4.21. The minimum absolute atomic E-state index is 0.